The molecule has 0 N–H and O–H groups in total. The van der Waals surface area contributed by atoms with Crippen LogP contribution in [0.3, 0.4) is 0 Å². The zero-order valence-electron chi connectivity index (χ0n) is 14.2. The monoisotopic (exact) mass is 352 g/mol. The van der Waals surface area contributed by atoms with E-state index < -0.39 is 16.1 Å². The summed E-state index contributed by atoms with van der Waals surface area (Å²) in [6, 6.07) is 4.45. The third-order valence-corrected chi connectivity index (χ3v) is 6.94. The van der Waals surface area contributed by atoms with Gasteiger partial charge < -0.3 is 9.64 Å². The van der Waals surface area contributed by atoms with Gasteiger partial charge in [0.15, 0.2) is 0 Å². The lowest BCUT2D eigenvalue weighted by molar-refractivity contribution is -0.133. The van der Waals surface area contributed by atoms with Crippen LogP contribution in [-0.2, 0) is 14.8 Å². The number of aryl methyl sites for hydroxylation is 1. The van der Waals surface area contributed by atoms with Crippen molar-refractivity contribution in [3.63, 3.8) is 0 Å². The maximum Gasteiger partial charge on any atom is 0.244 e. The number of carbonyl (C=O) groups excluding carboxylic acids is 1. The molecule has 2 fully saturated rings. The van der Waals surface area contributed by atoms with Gasteiger partial charge in [0.25, 0.3) is 0 Å². The van der Waals surface area contributed by atoms with Crippen molar-refractivity contribution in [1.29, 1.82) is 0 Å². The number of likely N-dealkylation sites (tertiary alicyclic amines) is 1. The summed E-state index contributed by atoms with van der Waals surface area (Å²) in [5.41, 5.74) is 0.662. The summed E-state index contributed by atoms with van der Waals surface area (Å²) in [6.07, 6.45) is 3.31. The number of hydrogen-bond acceptors (Lipinski definition) is 4. The lowest BCUT2D eigenvalue weighted by Crippen LogP contribution is -2.46. The first-order valence-electron chi connectivity index (χ1n) is 8.40. The third kappa shape index (κ3) is 3.02. The second kappa shape index (κ2) is 6.72. The fourth-order valence-electron chi connectivity index (χ4n) is 3.53. The number of ether oxygens (including phenoxy) is 1. The Morgan fingerprint density at radius 2 is 1.88 bits per heavy atom. The van der Waals surface area contributed by atoms with Crippen LogP contribution in [0.4, 0.5) is 0 Å². The molecule has 0 spiro atoms. The van der Waals surface area contributed by atoms with Gasteiger partial charge in [0.1, 0.15) is 11.8 Å². The third-order valence-electron chi connectivity index (χ3n) is 4.89. The van der Waals surface area contributed by atoms with Gasteiger partial charge in [-0.3, -0.25) is 4.79 Å². The van der Waals surface area contributed by atoms with E-state index in [0.717, 1.165) is 25.9 Å². The van der Waals surface area contributed by atoms with Crippen molar-refractivity contribution in [2.24, 2.45) is 0 Å². The first kappa shape index (κ1) is 17.2. The Kier molecular flexibility index (Phi) is 4.83. The van der Waals surface area contributed by atoms with Crippen LogP contribution in [-0.4, -0.2) is 56.3 Å². The van der Waals surface area contributed by atoms with Crippen LogP contribution in [0.5, 0.6) is 5.75 Å². The second-order valence-corrected chi connectivity index (χ2v) is 8.30. The van der Waals surface area contributed by atoms with Crippen LogP contribution >= 0.6 is 0 Å². The average molecular weight is 352 g/mol. The molecule has 1 aromatic carbocycles. The minimum atomic E-state index is -3.72. The van der Waals surface area contributed by atoms with Gasteiger partial charge in [-0.1, -0.05) is 6.07 Å². The molecule has 2 heterocycles. The summed E-state index contributed by atoms with van der Waals surface area (Å²) in [5, 5.41) is 0. The van der Waals surface area contributed by atoms with Crippen molar-refractivity contribution in [1.82, 2.24) is 9.21 Å². The van der Waals surface area contributed by atoms with Gasteiger partial charge in [-0.25, -0.2) is 8.42 Å². The summed E-state index contributed by atoms with van der Waals surface area (Å²) >= 11 is 0. The molecule has 0 aromatic heterocycles. The number of rotatable bonds is 4. The van der Waals surface area contributed by atoms with Crippen molar-refractivity contribution < 1.29 is 17.9 Å². The highest BCUT2D eigenvalue weighted by molar-refractivity contribution is 7.89. The maximum absolute atomic E-state index is 13.2. The molecule has 3 rings (SSSR count). The van der Waals surface area contributed by atoms with Crippen molar-refractivity contribution in [2.75, 3.05) is 26.7 Å². The van der Waals surface area contributed by atoms with Crippen LogP contribution in [0.15, 0.2) is 23.1 Å². The van der Waals surface area contributed by atoms with Gasteiger partial charge in [-0.2, -0.15) is 4.31 Å². The SMILES string of the molecule is COc1ccc(C)c(S(=O)(=O)N2CCC[C@@H]2C(=O)N2CCCC2)c1. The van der Waals surface area contributed by atoms with Gasteiger partial charge in [-0.15, -0.1) is 0 Å². The number of amides is 1. The van der Waals surface area contributed by atoms with Gasteiger partial charge in [0, 0.05) is 25.7 Å². The molecular formula is C17H24N2O4S. The maximum atomic E-state index is 13.2. The summed E-state index contributed by atoms with van der Waals surface area (Å²) in [7, 11) is -2.21. The molecule has 0 unspecified atom stereocenters. The van der Waals surface area contributed by atoms with E-state index in [1.807, 2.05) is 0 Å². The molecule has 7 heteroatoms. The number of carbonyl (C=O) groups is 1. The molecule has 1 atom stereocenters. The van der Waals surface area contributed by atoms with Gasteiger partial charge >= 0.3 is 0 Å². The van der Waals surface area contributed by atoms with Crippen molar-refractivity contribution in [3.8, 4) is 5.75 Å². The smallest absolute Gasteiger partial charge is 0.244 e. The largest absolute Gasteiger partial charge is 0.497 e. The predicted molar refractivity (Wildman–Crippen MR) is 90.5 cm³/mol. The van der Waals surface area contributed by atoms with Gasteiger partial charge in [-0.05, 0) is 44.2 Å². The van der Waals surface area contributed by atoms with Crippen LogP contribution in [0.1, 0.15) is 31.2 Å². The van der Waals surface area contributed by atoms with Gasteiger partial charge in [0.05, 0.1) is 12.0 Å². The van der Waals surface area contributed by atoms with Crippen LogP contribution in [0.25, 0.3) is 0 Å². The summed E-state index contributed by atoms with van der Waals surface area (Å²) in [5.74, 6) is 0.454. The minimum Gasteiger partial charge on any atom is -0.497 e. The topological polar surface area (TPSA) is 66.9 Å². The highest BCUT2D eigenvalue weighted by Crippen LogP contribution is 2.31. The van der Waals surface area contributed by atoms with Gasteiger partial charge in [0.2, 0.25) is 15.9 Å². The van der Waals surface area contributed by atoms with E-state index in [2.05, 4.69) is 0 Å². The van der Waals surface area contributed by atoms with E-state index in [0.29, 0.717) is 30.7 Å². The molecule has 24 heavy (non-hydrogen) atoms. The van der Waals surface area contributed by atoms with E-state index in [9.17, 15) is 13.2 Å². The second-order valence-electron chi connectivity index (χ2n) is 6.44. The van der Waals surface area contributed by atoms with Crippen molar-refractivity contribution in [3.05, 3.63) is 23.8 Å². The van der Waals surface area contributed by atoms with E-state index in [4.69, 9.17) is 4.74 Å². The van der Waals surface area contributed by atoms with E-state index in [-0.39, 0.29) is 10.8 Å². The Bertz CT molecular complexity index is 726. The van der Waals surface area contributed by atoms with Crippen LogP contribution < -0.4 is 4.74 Å². The molecule has 0 aliphatic carbocycles. The number of benzene rings is 1. The molecular weight excluding hydrogens is 328 g/mol. The number of sulfonamides is 1. The Hall–Kier alpha value is -1.60. The first-order chi connectivity index (χ1) is 11.4. The standard InChI is InChI=1S/C17H24N2O4S/c1-13-7-8-14(23-2)12-16(13)24(21,22)19-11-5-6-15(19)17(20)18-9-3-4-10-18/h7-8,12,15H,3-6,9-11H2,1-2H3/t15-/m1/s1. The summed E-state index contributed by atoms with van der Waals surface area (Å²) in [6.45, 7) is 3.63. The lowest BCUT2D eigenvalue weighted by atomic mass is 10.2. The fraction of sp³-hybridized carbons (Fsp3) is 0.588. The zero-order valence-corrected chi connectivity index (χ0v) is 15.0. The lowest BCUT2D eigenvalue weighted by Gasteiger charge is -2.27. The molecule has 0 bridgehead atoms. The summed E-state index contributed by atoms with van der Waals surface area (Å²) in [4.78, 5) is 14.8. The molecule has 2 saturated heterocycles. The Labute approximate surface area is 143 Å². The van der Waals surface area contributed by atoms with E-state index >= 15 is 0 Å². The number of methoxy groups -OCH3 is 1. The zero-order chi connectivity index (χ0) is 17.3. The highest BCUT2D eigenvalue weighted by atomic mass is 32.2. The molecule has 1 amide bonds. The highest BCUT2D eigenvalue weighted by Gasteiger charge is 2.42. The normalized spacial score (nSPS) is 22.1. The number of nitrogens with zero attached hydrogens (tertiary/aromatic N) is 2. The molecule has 1 aromatic rings. The number of hydrogen-bond donors (Lipinski definition) is 0. The van der Waals surface area contributed by atoms with E-state index in [1.165, 1.54) is 11.4 Å². The summed E-state index contributed by atoms with van der Waals surface area (Å²) < 4.78 is 32.9. The predicted octanol–water partition coefficient (Wildman–Crippen LogP) is 1.78. The van der Waals surface area contributed by atoms with Crippen LogP contribution in [0, 0.1) is 6.92 Å². The van der Waals surface area contributed by atoms with Crippen molar-refractivity contribution >= 4 is 15.9 Å². The van der Waals surface area contributed by atoms with Crippen molar-refractivity contribution in [2.45, 2.75) is 43.5 Å². The Morgan fingerprint density at radius 1 is 1.17 bits per heavy atom. The average Bonchev–Trinajstić information content (AvgIpc) is 3.26. The fourth-order valence-corrected chi connectivity index (χ4v) is 5.43. The Balaban J connectivity index is 1.92. The quantitative estimate of drug-likeness (QED) is 0.828. The van der Waals surface area contributed by atoms with Crippen LogP contribution in [0.2, 0.25) is 0 Å². The molecule has 132 valence electrons. The minimum absolute atomic E-state index is 0.0471. The molecule has 0 saturated carbocycles. The molecule has 2 aliphatic heterocycles. The molecule has 0 radical (unpaired) electrons. The first-order valence-corrected chi connectivity index (χ1v) is 9.84. The Morgan fingerprint density at radius 3 is 2.54 bits per heavy atom. The van der Waals surface area contributed by atoms with E-state index in [1.54, 1.807) is 30.0 Å². The molecule has 2 aliphatic rings. The molecule has 6 nitrogen and oxygen atoms in total.